The van der Waals surface area contributed by atoms with Crippen molar-refractivity contribution in [2.45, 2.75) is 26.3 Å². The number of nitrogens with zero attached hydrogens (tertiary/aromatic N) is 1. The number of oxazole rings is 1. The summed E-state index contributed by atoms with van der Waals surface area (Å²) < 4.78 is 19.7. The van der Waals surface area contributed by atoms with E-state index in [-0.39, 0.29) is 17.0 Å². The monoisotopic (exact) mass is 405 g/mol. The minimum atomic E-state index is -0.422. The first-order valence-corrected chi connectivity index (χ1v) is 9.92. The molecule has 0 spiro atoms. The number of carbonyl (C=O) groups is 1. The smallest absolute Gasteiger partial charge is 0.365 e. The minimum Gasteiger partial charge on any atom is -0.412 e. The first-order chi connectivity index (χ1) is 14.4. The lowest BCUT2D eigenvalue weighted by molar-refractivity contribution is -0.522. The zero-order chi connectivity index (χ0) is 20.9. The fourth-order valence-corrected chi connectivity index (χ4v) is 4.27. The Labute approximate surface area is 172 Å². The minimum absolute atomic E-state index is 0.118. The van der Waals surface area contributed by atoms with Crippen LogP contribution in [0.4, 0.5) is 10.4 Å². The van der Waals surface area contributed by atoms with Gasteiger partial charge in [-0.05, 0) is 41.3 Å². The van der Waals surface area contributed by atoms with Crippen LogP contribution < -0.4 is 15.6 Å². The van der Waals surface area contributed by atoms with Gasteiger partial charge < -0.3 is 4.42 Å². The zero-order valence-electron chi connectivity index (χ0n) is 16.7. The number of hydrogen-bond donors (Lipinski definition) is 3. The van der Waals surface area contributed by atoms with Gasteiger partial charge in [0.25, 0.3) is 0 Å². The summed E-state index contributed by atoms with van der Waals surface area (Å²) in [6.07, 6.45) is 2.52. The lowest BCUT2D eigenvalue weighted by atomic mass is 9.72. The SMILES string of the molecule is CC1(C)C=C2NC(Nc3nc4ccccc4o3)=[NH+][C@@H](c3cccc(F)c3)[C@@H]2C(=O)C1. The molecule has 0 amide bonds. The van der Waals surface area contributed by atoms with Gasteiger partial charge in [-0.2, -0.15) is 10.3 Å². The van der Waals surface area contributed by atoms with Crippen molar-refractivity contribution < 1.29 is 18.6 Å². The lowest BCUT2D eigenvalue weighted by Crippen LogP contribution is -2.84. The molecule has 1 aliphatic carbocycles. The topological polar surface area (TPSA) is 81.1 Å². The molecule has 3 N–H and O–H groups in total. The molecule has 6 nitrogen and oxygen atoms in total. The summed E-state index contributed by atoms with van der Waals surface area (Å²) in [5.74, 6) is -0.110. The summed E-state index contributed by atoms with van der Waals surface area (Å²) in [6, 6.07) is 13.7. The predicted octanol–water partition coefficient (Wildman–Crippen LogP) is 2.66. The van der Waals surface area contributed by atoms with Gasteiger partial charge in [-0.15, -0.1) is 0 Å². The van der Waals surface area contributed by atoms with Crippen LogP contribution >= 0.6 is 0 Å². The van der Waals surface area contributed by atoms with Gasteiger partial charge in [-0.3, -0.25) is 9.79 Å². The number of allylic oxidation sites excluding steroid dienone is 1. The van der Waals surface area contributed by atoms with E-state index in [1.54, 1.807) is 6.07 Å². The van der Waals surface area contributed by atoms with Gasteiger partial charge in [0.2, 0.25) is 0 Å². The average molecular weight is 405 g/mol. The second kappa shape index (κ2) is 6.79. The van der Waals surface area contributed by atoms with Crippen molar-refractivity contribution in [3.05, 3.63) is 71.7 Å². The Bertz CT molecular complexity index is 1180. The Hall–Kier alpha value is -3.48. The van der Waals surface area contributed by atoms with E-state index in [0.29, 0.717) is 29.5 Å². The third-order valence-electron chi connectivity index (χ3n) is 5.49. The lowest BCUT2D eigenvalue weighted by Gasteiger charge is -2.36. The van der Waals surface area contributed by atoms with Crippen LogP contribution in [0.1, 0.15) is 31.9 Å². The number of nitrogens with one attached hydrogen (secondary N) is 3. The Morgan fingerprint density at radius 3 is 2.87 bits per heavy atom. The third-order valence-corrected chi connectivity index (χ3v) is 5.49. The fraction of sp³-hybridized carbons (Fsp3) is 0.261. The molecule has 1 aliphatic heterocycles. The van der Waals surface area contributed by atoms with E-state index in [2.05, 4.69) is 26.7 Å². The van der Waals surface area contributed by atoms with Crippen molar-refractivity contribution in [1.82, 2.24) is 10.3 Å². The number of Topliss-reactive ketones (excluding diaryl/α,β-unsaturated/α-hetero) is 1. The van der Waals surface area contributed by atoms with E-state index >= 15 is 0 Å². The number of guanidine groups is 1. The number of fused-ring (bicyclic) bond motifs is 2. The van der Waals surface area contributed by atoms with E-state index in [1.165, 1.54) is 12.1 Å². The molecule has 152 valence electrons. The quantitative estimate of drug-likeness (QED) is 0.611. The molecule has 0 saturated heterocycles. The molecule has 30 heavy (non-hydrogen) atoms. The Morgan fingerprint density at radius 1 is 1.23 bits per heavy atom. The number of aromatic nitrogens is 1. The van der Waals surface area contributed by atoms with Crippen molar-refractivity contribution >= 4 is 28.9 Å². The summed E-state index contributed by atoms with van der Waals surface area (Å²) in [5, 5.41) is 6.42. The first kappa shape index (κ1) is 18.5. The highest BCUT2D eigenvalue weighted by Crippen LogP contribution is 2.38. The molecule has 0 fully saturated rings. The van der Waals surface area contributed by atoms with Gasteiger partial charge in [0.1, 0.15) is 29.1 Å². The molecule has 5 rings (SSSR count). The van der Waals surface area contributed by atoms with Gasteiger partial charge in [0.15, 0.2) is 5.58 Å². The number of halogens is 1. The van der Waals surface area contributed by atoms with E-state index in [1.807, 2.05) is 44.2 Å². The van der Waals surface area contributed by atoms with Gasteiger partial charge in [0.05, 0.1) is 5.70 Å². The highest BCUT2D eigenvalue weighted by molar-refractivity contribution is 5.94. The first-order valence-electron chi connectivity index (χ1n) is 9.92. The standard InChI is InChI=1S/C23H21FN4O2/c1-23(2)11-16-19(17(29)12-23)20(13-6-5-7-14(24)10-13)27-21(25-16)28-22-26-15-8-3-4-9-18(15)30-22/h3-11,19-20H,12H2,1-2H3,(H2,25,26,27,28)/p+1/t19-,20-/m0/s1. The Kier molecular flexibility index (Phi) is 4.20. The van der Waals surface area contributed by atoms with E-state index in [9.17, 15) is 9.18 Å². The average Bonchev–Trinajstić information content (AvgIpc) is 3.08. The Morgan fingerprint density at radius 2 is 2.07 bits per heavy atom. The maximum atomic E-state index is 13.9. The zero-order valence-corrected chi connectivity index (χ0v) is 16.7. The number of benzene rings is 2. The van der Waals surface area contributed by atoms with Crippen molar-refractivity contribution in [2.75, 3.05) is 5.32 Å². The maximum absolute atomic E-state index is 13.9. The highest BCUT2D eigenvalue weighted by atomic mass is 19.1. The van der Waals surface area contributed by atoms with Crippen molar-refractivity contribution in [2.24, 2.45) is 11.3 Å². The summed E-state index contributed by atoms with van der Waals surface area (Å²) in [7, 11) is 0. The van der Waals surface area contributed by atoms with Crippen molar-refractivity contribution in [3.8, 4) is 0 Å². The molecule has 2 aromatic carbocycles. The van der Waals surface area contributed by atoms with Gasteiger partial charge >= 0.3 is 12.0 Å². The summed E-state index contributed by atoms with van der Waals surface area (Å²) in [4.78, 5) is 20.8. The van der Waals surface area contributed by atoms with E-state index < -0.39 is 12.0 Å². The molecule has 7 heteroatoms. The molecule has 0 radical (unpaired) electrons. The highest BCUT2D eigenvalue weighted by Gasteiger charge is 2.45. The van der Waals surface area contributed by atoms with Crippen LogP contribution in [0.5, 0.6) is 0 Å². The van der Waals surface area contributed by atoms with Crippen LogP contribution in [-0.4, -0.2) is 16.7 Å². The predicted molar refractivity (Wildman–Crippen MR) is 111 cm³/mol. The third kappa shape index (κ3) is 3.36. The van der Waals surface area contributed by atoms with Crippen LogP contribution in [0.25, 0.3) is 11.1 Å². The van der Waals surface area contributed by atoms with Crippen molar-refractivity contribution in [3.63, 3.8) is 0 Å². The number of rotatable bonds is 2. The normalized spacial score (nSPS) is 22.7. The molecule has 3 aromatic rings. The summed E-state index contributed by atoms with van der Waals surface area (Å²) in [5.41, 5.74) is 2.65. The van der Waals surface area contributed by atoms with E-state index in [4.69, 9.17) is 4.42 Å². The van der Waals surface area contributed by atoms with Crippen LogP contribution in [0.3, 0.4) is 0 Å². The maximum Gasteiger partial charge on any atom is 0.365 e. The van der Waals surface area contributed by atoms with Crippen molar-refractivity contribution in [1.29, 1.82) is 0 Å². The number of anilines is 1. The number of carbonyl (C=O) groups excluding carboxylic acids is 1. The van der Waals surface area contributed by atoms with Crippen LogP contribution in [0.2, 0.25) is 0 Å². The van der Waals surface area contributed by atoms with Gasteiger partial charge in [0, 0.05) is 6.42 Å². The summed E-state index contributed by atoms with van der Waals surface area (Å²) in [6.45, 7) is 4.06. The van der Waals surface area contributed by atoms with Gasteiger partial charge in [-0.25, -0.2) is 9.71 Å². The fourth-order valence-electron chi connectivity index (χ4n) is 4.27. The molecule has 2 atom stereocenters. The second-order valence-electron chi connectivity index (χ2n) is 8.50. The molecular formula is C23H22FN4O2+. The largest absolute Gasteiger partial charge is 0.412 e. The van der Waals surface area contributed by atoms with Gasteiger partial charge in [-0.1, -0.05) is 38.1 Å². The van der Waals surface area contributed by atoms with Crippen LogP contribution in [0.15, 0.2) is 64.7 Å². The molecule has 0 unspecified atom stereocenters. The molecule has 1 aromatic heterocycles. The van der Waals surface area contributed by atoms with E-state index in [0.717, 1.165) is 11.2 Å². The second-order valence-corrected chi connectivity index (χ2v) is 8.50. The molecule has 0 saturated carbocycles. The molecular weight excluding hydrogens is 383 g/mol. The molecule has 2 heterocycles. The number of para-hydroxylation sites is 2. The molecule has 0 bridgehead atoms. The number of ketones is 1. The van der Waals surface area contributed by atoms with Crippen LogP contribution in [-0.2, 0) is 4.79 Å². The Balaban J connectivity index is 1.56. The summed E-state index contributed by atoms with van der Waals surface area (Å²) >= 11 is 0. The van der Waals surface area contributed by atoms with Crippen LogP contribution in [0, 0.1) is 17.2 Å². The molecule has 2 aliphatic rings. The number of hydrogen-bond acceptors (Lipinski definition) is 5.